The number of rotatable bonds is 7. The zero-order valence-corrected chi connectivity index (χ0v) is 20.9. The van der Waals surface area contributed by atoms with Crippen LogP contribution in [0.3, 0.4) is 0 Å². The van der Waals surface area contributed by atoms with Crippen LogP contribution in [0.25, 0.3) is 22.0 Å². The summed E-state index contributed by atoms with van der Waals surface area (Å²) in [4.78, 5) is 4.22. The summed E-state index contributed by atoms with van der Waals surface area (Å²) in [5.41, 5.74) is -0.0386. The SMILES string of the molecule is COc1ccc(COc2cc(C(F)(F)F)ccc2-c2nnc(N[C@@H]3CC[C@@](C)(O)C3)c3cnccc23)cc1. The number of aliphatic hydroxyl groups is 1. The fourth-order valence-corrected chi connectivity index (χ4v) is 4.74. The number of alkyl halides is 3. The van der Waals surface area contributed by atoms with Crippen LogP contribution < -0.4 is 14.8 Å². The number of fused-ring (bicyclic) bond motifs is 1. The summed E-state index contributed by atoms with van der Waals surface area (Å²) < 4.78 is 51.8. The van der Waals surface area contributed by atoms with Gasteiger partial charge in [-0.2, -0.15) is 13.2 Å². The molecule has 0 radical (unpaired) electrons. The number of nitrogens with one attached hydrogen (secondary N) is 1. The van der Waals surface area contributed by atoms with Crippen LogP contribution in [-0.4, -0.2) is 39.0 Å². The van der Waals surface area contributed by atoms with Gasteiger partial charge in [0.05, 0.1) is 18.3 Å². The average molecular weight is 525 g/mol. The standard InChI is InChI=1S/C28H27F3N4O3/c1-27(36)11-9-19(14-27)33-26-23-15-32-12-10-21(23)25(34-35-26)22-8-5-18(28(29,30)31)13-24(22)38-16-17-3-6-20(37-2)7-4-17/h3-8,10,12-13,15,19,36H,9,11,14,16H2,1-2H3,(H,33,35)/t19-,27-/m1/s1. The third-order valence-corrected chi connectivity index (χ3v) is 6.76. The van der Waals surface area contributed by atoms with E-state index in [0.29, 0.717) is 46.4 Å². The predicted octanol–water partition coefficient (Wildman–Crippen LogP) is 6.01. The van der Waals surface area contributed by atoms with Crippen LogP contribution in [0.15, 0.2) is 60.9 Å². The van der Waals surface area contributed by atoms with Gasteiger partial charge in [-0.25, -0.2) is 0 Å². The molecule has 7 nitrogen and oxygen atoms in total. The van der Waals surface area contributed by atoms with Crippen LogP contribution in [0.2, 0.25) is 0 Å². The molecule has 2 heterocycles. The first kappa shape index (κ1) is 25.7. The van der Waals surface area contributed by atoms with Crippen LogP contribution in [0.5, 0.6) is 11.5 Å². The van der Waals surface area contributed by atoms with Gasteiger partial charge in [-0.1, -0.05) is 12.1 Å². The average Bonchev–Trinajstić information content (AvgIpc) is 3.25. The van der Waals surface area contributed by atoms with Crippen molar-refractivity contribution >= 4 is 16.6 Å². The van der Waals surface area contributed by atoms with Crippen molar-refractivity contribution in [2.45, 2.75) is 50.6 Å². The maximum atomic E-state index is 13.6. The molecule has 38 heavy (non-hydrogen) atoms. The minimum atomic E-state index is -4.54. The zero-order valence-electron chi connectivity index (χ0n) is 20.9. The van der Waals surface area contributed by atoms with Crippen LogP contribution >= 0.6 is 0 Å². The van der Waals surface area contributed by atoms with Gasteiger partial charge in [-0.3, -0.25) is 4.98 Å². The number of pyridine rings is 1. The molecule has 5 rings (SSSR count). The molecule has 10 heteroatoms. The van der Waals surface area contributed by atoms with E-state index >= 15 is 0 Å². The minimum Gasteiger partial charge on any atom is -0.497 e. The van der Waals surface area contributed by atoms with Gasteiger partial charge in [0.25, 0.3) is 0 Å². The smallest absolute Gasteiger partial charge is 0.416 e. The Balaban J connectivity index is 1.52. The van der Waals surface area contributed by atoms with Gasteiger partial charge in [0.2, 0.25) is 0 Å². The van der Waals surface area contributed by atoms with Gasteiger partial charge >= 0.3 is 6.18 Å². The van der Waals surface area contributed by atoms with Crippen LogP contribution in [0.4, 0.5) is 19.0 Å². The number of methoxy groups -OCH3 is 1. The Bertz CT molecular complexity index is 1440. The van der Waals surface area contributed by atoms with Gasteiger partial charge in [-0.15, -0.1) is 10.2 Å². The third kappa shape index (κ3) is 5.50. The van der Waals surface area contributed by atoms with Crippen LogP contribution in [0.1, 0.15) is 37.3 Å². The van der Waals surface area contributed by atoms with E-state index < -0.39 is 17.3 Å². The molecule has 1 saturated carbocycles. The number of halogens is 3. The summed E-state index contributed by atoms with van der Waals surface area (Å²) in [5.74, 6) is 1.21. The van der Waals surface area contributed by atoms with Crippen LogP contribution in [-0.2, 0) is 12.8 Å². The van der Waals surface area contributed by atoms with E-state index in [9.17, 15) is 18.3 Å². The molecule has 198 valence electrons. The monoisotopic (exact) mass is 524 g/mol. The summed E-state index contributed by atoms with van der Waals surface area (Å²) in [5, 5.41) is 23.8. The van der Waals surface area contributed by atoms with Crippen molar-refractivity contribution in [1.82, 2.24) is 15.2 Å². The Morgan fingerprint density at radius 3 is 2.55 bits per heavy atom. The molecule has 2 N–H and O–H groups in total. The van der Waals surface area contributed by atoms with E-state index in [1.54, 1.807) is 56.8 Å². The Morgan fingerprint density at radius 1 is 1.08 bits per heavy atom. The summed E-state index contributed by atoms with van der Waals surface area (Å²) in [6, 6.07) is 12.2. The molecule has 2 atom stereocenters. The summed E-state index contributed by atoms with van der Waals surface area (Å²) >= 11 is 0. The molecule has 2 aromatic heterocycles. The number of hydrogen-bond acceptors (Lipinski definition) is 7. The van der Waals surface area contributed by atoms with E-state index in [1.807, 2.05) is 0 Å². The molecular weight excluding hydrogens is 497 g/mol. The first-order valence-electron chi connectivity index (χ1n) is 12.2. The Kier molecular flexibility index (Phi) is 6.83. The third-order valence-electron chi connectivity index (χ3n) is 6.76. The largest absolute Gasteiger partial charge is 0.497 e. The normalized spacial score (nSPS) is 19.5. The minimum absolute atomic E-state index is 0.0167. The number of anilines is 1. The fraction of sp³-hybridized carbons (Fsp3) is 0.321. The molecule has 2 aromatic carbocycles. The van der Waals surface area contributed by atoms with Crippen molar-refractivity contribution in [2.75, 3.05) is 12.4 Å². The zero-order chi connectivity index (χ0) is 26.9. The molecule has 1 fully saturated rings. The first-order valence-corrected chi connectivity index (χ1v) is 12.2. The molecular formula is C28H27F3N4O3. The van der Waals surface area contributed by atoms with Gasteiger partial charge in [0.15, 0.2) is 5.82 Å². The number of ether oxygens (including phenoxy) is 2. The maximum Gasteiger partial charge on any atom is 0.416 e. The topological polar surface area (TPSA) is 89.4 Å². The van der Waals surface area contributed by atoms with Gasteiger partial charge in [0.1, 0.15) is 23.8 Å². The lowest BCUT2D eigenvalue weighted by atomic mass is 10.0. The number of nitrogens with zero attached hydrogens (tertiary/aromatic N) is 3. The van der Waals surface area contributed by atoms with Gasteiger partial charge in [0, 0.05) is 34.8 Å². The molecule has 0 aliphatic heterocycles. The number of aromatic nitrogens is 3. The van der Waals surface area contributed by atoms with Crippen molar-refractivity contribution < 1.29 is 27.8 Å². The molecule has 0 unspecified atom stereocenters. The van der Waals surface area contributed by atoms with E-state index in [4.69, 9.17) is 9.47 Å². The van der Waals surface area contributed by atoms with E-state index in [-0.39, 0.29) is 18.4 Å². The molecule has 0 saturated heterocycles. The fourth-order valence-electron chi connectivity index (χ4n) is 4.74. The van der Waals surface area contributed by atoms with Gasteiger partial charge in [-0.05, 0) is 68.1 Å². The highest BCUT2D eigenvalue weighted by atomic mass is 19.4. The lowest BCUT2D eigenvalue weighted by molar-refractivity contribution is -0.137. The Hall–Kier alpha value is -3.92. The lowest BCUT2D eigenvalue weighted by Crippen LogP contribution is -2.24. The van der Waals surface area contributed by atoms with Crippen molar-refractivity contribution in [1.29, 1.82) is 0 Å². The molecule has 0 spiro atoms. The summed E-state index contributed by atoms with van der Waals surface area (Å²) in [6.45, 7) is 1.85. The van der Waals surface area contributed by atoms with E-state index in [0.717, 1.165) is 24.1 Å². The Morgan fingerprint density at radius 2 is 1.87 bits per heavy atom. The van der Waals surface area contributed by atoms with Crippen molar-refractivity contribution in [2.24, 2.45) is 0 Å². The highest BCUT2D eigenvalue weighted by Gasteiger charge is 2.34. The predicted molar refractivity (Wildman–Crippen MR) is 137 cm³/mol. The highest BCUT2D eigenvalue weighted by molar-refractivity contribution is 6.00. The number of benzene rings is 2. The summed E-state index contributed by atoms with van der Waals surface area (Å²) in [7, 11) is 1.56. The quantitative estimate of drug-likeness (QED) is 0.306. The van der Waals surface area contributed by atoms with Gasteiger partial charge < -0.3 is 19.9 Å². The second-order valence-corrected chi connectivity index (χ2v) is 9.74. The highest BCUT2D eigenvalue weighted by Crippen LogP contribution is 2.40. The molecule has 0 amide bonds. The van der Waals surface area contributed by atoms with Crippen molar-refractivity contribution in [3.8, 4) is 22.8 Å². The molecule has 0 bridgehead atoms. The number of hydrogen-bond donors (Lipinski definition) is 2. The summed E-state index contributed by atoms with van der Waals surface area (Å²) in [6.07, 6.45) is 0.725. The van der Waals surface area contributed by atoms with E-state index in [1.165, 1.54) is 6.07 Å². The second-order valence-electron chi connectivity index (χ2n) is 9.74. The lowest BCUT2D eigenvalue weighted by Gasteiger charge is -2.19. The van der Waals surface area contributed by atoms with Crippen molar-refractivity contribution in [3.63, 3.8) is 0 Å². The second kappa shape index (κ2) is 10.1. The molecule has 4 aromatic rings. The first-order chi connectivity index (χ1) is 18.1. The van der Waals surface area contributed by atoms with Crippen molar-refractivity contribution in [3.05, 3.63) is 72.1 Å². The van der Waals surface area contributed by atoms with Crippen LogP contribution in [0, 0.1) is 0 Å². The Labute approximate surface area is 217 Å². The maximum absolute atomic E-state index is 13.6. The molecule has 1 aliphatic rings. The molecule has 1 aliphatic carbocycles. The van der Waals surface area contributed by atoms with E-state index in [2.05, 4.69) is 20.5 Å².